The van der Waals surface area contributed by atoms with Crippen LogP contribution in [0.3, 0.4) is 0 Å². The van der Waals surface area contributed by atoms with Gasteiger partial charge in [0.25, 0.3) is 0 Å². The molecule has 2 aliphatic rings. The fourth-order valence-corrected chi connectivity index (χ4v) is 4.35. The van der Waals surface area contributed by atoms with Gasteiger partial charge in [-0.25, -0.2) is 0 Å². The molecule has 0 spiro atoms. The first-order chi connectivity index (χ1) is 9.15. The van der Waals surface area contributed by atoms with Crippen LogP contribution in [0.2, 0.25) is 0 Å². The van der Waals surface area contributed by atoms with Crippen molar-refractivity contribution in [1.82, 2.24) is 15.3 Å². The van der Waals surface area contributed by atoms with Crippen molar-refractivity contribution in [2.75, 3.05) is 0 Å². The van der Waals surface area contributed by atoms with E-state index in [1.54, 1.807) is 12.4 Å². The largest absolute Gasteiger partial charge is 0.306 e. The zero-order chi connectivity index (χ0) is 13.4. The molecule has 5 atom stereocenters. The van der Waals surface area contributed by atoms with Gasteiger partial charge in [0.05, 0.1) is 11.4 Å². The predicted molar refractivity (Wildman–Crippen MR) is 76.7 cm³/mol. The summed E-state index contributed by atoms with van der Waals surface area (Å²) in [5.74, 6) is 2.87. The molecule has 104 valence electrons. The normalized spacial score (nSPS) is 32.5. The summed E-state index contributed by atoms with van der Waals surface area (Å²) < 4.78 is 0. The van der Waals surface area contributed by atoms with Crippen LogP contribution in [-0.4, -0.2) is 16.0 Å². The summed E-state index contributed by atoms with van der Waals surface area (Å²) in [5, 5.41) is 3.76. The Morgan fingerprint density at radius 1 is 1.16 bits per heavy atom. The summed E-state index contributed by atoms with van der Waals surface area (Å²) in [6.45, 7) is 6.61. The van der Waals surface area contributed by atoms with Crippen LogP contribution < -0.4 is 5.32 Å². The highest BCUT2D eigenvalue weighted by Crippen LogP contribution is 2.49. The topological polar surface area (TPSA) is 37.8 Å². The quantitative estimate of drug-likeness (QED) is 0.902. The maximum absolute atomic E-state index is 4.48. The third kappa shape index (κ3) is 2.53. The molecule has 2 aliphatic carbocycles. The number of hydrogen-bond donors (Lipinski definition) is 1. The molecule has 0 radical (unpaired) electrons. The van der Waals surface area contributed by atoms with Crippen molar-refractivity contribution in [2.24, 2.45) is 17.8 Å². The zero-order valence-corrected chi connectivity index (χ0v) is 12.3. The fraction of sp³-hybridized carbons (Fsp3) is 0.750. The standard InChI is InChI=1S/C16H25N3/c1-10(15-9-13-4-5-14(15)8-13)19-12(3)16-11(2)17-6-7-18-16/h6-7,10,12-15,19H,4-5,8-9H2,1-3H3. The number of aromatic nitrogens is 2. The molecule has 19 heavy (non-hydrogen) atoms. The van der Waals surface area contributed by atoms with Crippen molar-refractivity contribution in [3.8, 4) is 0 Å². The van der Waals surface area contributed by atoms with Crippen LogP contribution in [0.15, 0.2) is 12.4 Å². The summed E-state index contributed by atoms with van der Waals surface area (Å²) >= 11 is 0. The SMILES string of the molecule is Cc1nccnc1C(C)NC(C)C1CC2CCC1C2. The smallest absolute Gasteiger partial charge is 0.0782 e. The van der Waals surface area contributed by atoms with Gasteiger partial charge in [-0.3, -0.25) is 9.97 Å². The third-order valence-electron chi connectivity index (χ3n) is 5.28. The molecule has 1 aromatic rings. The summed E-state index contributed by atoms with van der Waals surface area (Å²) in [6, 6.07) is 0.884. The van der Waals surface area contributed by atoms with E-state index in [1.807, 2.05) is 6.92 Å². The van der Waals surface area contributed by atoms with Gasteiger partial charge < -0.3 is 5.32 Å². The first-order valence-electron chi connectivity index (χ1n) is 7.68. The van der Waals surface area contributed by atoms with Crippen LogP contribution in [0.1, 0.15) is 57.0 Å². The molecule has 5 unspecified atom stereocenters. The van der Waals surface area contributed by atoms with E-state index < -0.39 is 0 Å². The summed E-state index contributed by atoms with van der Waals surface area (Å²) in [5.41, 5.74) is 2.14. The van der Waals surface area contributed by atoms with E-state index in [2.05, 4.69) is 29.1 Å². The Morgan fingerprint density at radius 2 is 1.95 bits per heavy atom. The molecular formula is C16H25N3. The van der Waals surface area contributed by atoms with Crippen molar-refractivity contribution < 1.29 is 0 Å². The number of hydrogen-bond acceptors (Lipinski definition) is 3. The Bertz CT molecular complexity index is 445. The van der Waals surface area contributed by atoms with Gasteiger partial charge in [-0.1, -0.05) is 6.42 Å². The lowest BCUT2D eigenvalue weighted by molar-refractivity contribution is 0.247. The minimum Gasteiger partial charge on any atom is -0.306 e. The molecule has 1 aromatic heterocycles. The Hall–Kier alpha value is -0.960. The number of rotatable bonds is 4. The summed E-state index contributed by atoms with van der Waals surface area (Å²) in [4.78, 5) is 8.82. The van der Waals surface area contributed by atoms with Gasteiger partial charge in [0.2, 0.25) is 0 Å². The maximum atomic E-state index is 4.48. The van der Waals surface area contributed by atoms with Crippen LogP contribution in [0.5, 0.6) is 0 Å². The minimum absolute atomic E-state index is 0.294. The van der Waals surface area contributed by atoms with Crippen molar-refractivity contribution in [2.45, 2.75) is 58.5 Å². The van der Waals surface area contributed by atoms with Crippen molar-refractivity contribution >= 4 is 0 Å². The second-order valence-electron chi connectivity index (χ2n) is 6.54. The number of nitrogens with one attached hydrogen (secondary N) is 1. The van der Waals surface area contributed by atoms with E-state index in [4.69, 9.17) is 0 Å². The van der Waals surface area contributed by atoms with E-state index in [1.165, 1.54) is 25.7 Å². The summed E-state index contributed by atoms with van der Waals surface area (Å²) in [7, 11) is 0. The van der Waals surface area contributed by atoms with Crippen LogP contribution >= 0.6 is 0 Å². The van der Waals surface area contributed by atoms with Gasteiger partial charge in [-0.05, 0) is 57.8 Å². The van der Waals surface area contributed by atoms with Gasteiger partial charge in [-0.2, -0.15) is 0 Å². The van der Waals surface area contributed by atoms with E-state index in [9.17, 15) is 0 Å². The second-order valence-corrected chi connectivity index (χ2v) is 6.54. The Labute approximate surface area is 116 Å². The zero-order valence-electron chi connectivity index (χ0n) is 12.3. The molecule has 1 heterocycles. The summed E-state index contributed by atoms with van der Waals surface area (Å²) in [6.07, 6.45) is 9.42. The van der Waals surface area contributed by atoms with Gasteiger partial charge in [0, 0.05) is 24.5 Å². The van der Waals surface area contributed by atoms with Gasteiger partial charge in [0.1, 0.15) is 0 Å². The van der Waals surface area contributed by atoms with E-state index >= 15 is 0 Å². The molecule has 3 heteroatoms. The Kier molecular flexibility index (Phi) is 3.57. The second kappa shape index (κ2) is 5.20. The molecule has 0 aromatic carbocycles. The van der Waals surface area contributed by atoms with E-state index in [-0.39, 0.29) is 0 Å². The van der Waals surface area contributed by atoms with E-state index in [0.717, 1.165) is 29.1 Å². The molecule has 0 aliphatic heterocycles. The Balaban J connectivity index is 1.63. The Morgan fingerprint density at radius 3 is 2.58 bits per heavy atom. The highest BCUT2D eigenvalue weighted by atomic mass is 15.0. The lowest BCUT2D eigenvalue weighted by Crippen LogP contribution is -2.38. The molecular weight excluding hydrogens is 234 g/mol. The van der Waals surface area contributed by atoms with Crippen molar-refractivity contribution in [3.63, 3.8) is 0 Å². The molecule has 2 bridgehead atoms. The lowest BCUT2D eigenvalue weighted by atomic mass is 9.83. The molecule has 3 rings (SSSR count). The molecule has 2 saturated carbocycles. The van der Waals surface area contributed by atoms with Gasteiger partial charge in [-0.15, -0.1) is 0 Å². The maximum Gasteiger partial charge on any atom is 0.0782 e. The fourth-order valence-electron chi connectivity index (χ4n) is 4.35. The van der Waals surface area contributed by atoms with Crippen molar-refractivity contribution in [1.29, 1.82) is 0 Å². The first-order valence-corrected chi connectivity index (χ1v) is 7.68. The molecule has 0 saturated heterocycles. The van der Waals surface area contributed by atoms with Gasteiger partial charge >= 0.3 is 0 Å². The molecule has 1 N–H and O–H groups in total. The lowest BCUT2D eigenvalue weighted by Gasteiger charge is -2.31. The van der Waals surface area contributed by atoms with E-state index in [0.29, 0.717) is 12.1 Å². The van der Waals surface area contributed by atoms with Crippen LogP contribution in [0.4, 0.5) is 0 Å². The average Bonchev–Trinajstić information content (AvgIpc) is 3.01. The molecule has 0 amide bonds. The number of nitrogens with zero attached hydrogens (tertiary/aromatic N) is 2. The van der Waals surface area contributed by atoms with Crippen molar-refractivity contribution in [3.05, 3.63) is 23.8 Å². The molecule has 2 fully saturated rings. The monoisotopic (exact) mass is 259 g/mol. The van der Waals surface area contributed by atoms with Crippen LogP contribution in [0, 0.1) is 24.7 Å². The van der Waals surface area contributed by atoms with Crippen LogP contribution in [0.25, 0.3) is 0 Å². The minimum atomic E-state index is 0.294. The third-order valence-corrected chi connectivity index (χ3v) is 5.28. The number of aryl methyl sites for hydroxylation is 1. The van der Waals surface area contributed by atoms with Gasteiger partial charge in [0.15, 0.2) is 0 Å². The highest BCUT2D eigenvalue weighted by molar-refractivity contribution is 5.12. The molecule has 3 nitrogen and oxygen atoms in total. The van der Waals surface area contributed by atoms with Crippen LogP contribution in [-0.2, 0) is 0 Å². The highest BCUT2D eigenvalue weighted by Gasteiger charge is 2.41. The predicted octanol–water partition coefficient (Wildman–Crippen LogP) is 3.26. The first kappa shape index (κ1) is 13.0. The number of fused-ring (bicyclic) bond motifs is 2. The average molecular weight is 259 g/mol.